The number of esters is 1. The van der Waals surface area contributed by atoms with Crippen LogP contribution in [0.5, 0.6) is 0 Å². The second-order valence-electron chi connectivity index (χ2n) is 4.48. The summed E-state index contributed by atoms with van der Waals surface area (Å²) in [7, 11) is 1.96. The molecular weight excluding hydrogens is 194 g/mol. The SMILES string of the molecule is CC(=O)OC1CCC2C(=O)CCC1N2C. The van der Waals surface area contributed by atoms with E-state index in [-0.39, 0.29) is 24.2 Å². The molecule has 0 aromatic heterocycles. The quantitative estimate of drug-likeness (QED) is 0.600. The van der Waals surface area contributed by atoms with E-state index in [0.717, 1.165) is 19.3 Å². The second-order valence-corrected chi connectivity index (χ2v) is 4.48. The van der Waals surface area contributed by atoms with Crippen molar-refractivity contribution in [3.8, 4) is 0 Å². The van der Waals surface area contributed by atoms with Crippen LogP contribution in [0.1, 0.15) is 32.6 Å². The average Bonchev–Trinajstić information content (AvgIpc) is 2.13. The van der Waals surface area contributed by atoms with Crippen molar-refractivity contribution in [1.82, 2.24) is 4.90 Å². The molecule has 2 heterocycles. The van der Waals surface area contributed by atoms with Gasteiger partial charge in [0.25, 0.3) is 0 Å². The Labute approximate surface area is 89.6 Å². The van der Waals surface area contributed by atoms with E-state index in [1.165, 1.54) is 6.92 Å². The highest BCUT2D eigenvalue weighted by molar-refractivity contribution is 5.85. The van der Waals surface area contributed by atoms with Gasteiger partial charge in [-0.15, -0.1) is 0 Å². The molecule has 0 N–H and O–H groups in total. The number of fused-ring (bicyclic) bond motifs is 2. The maximum absolute atomic E-state index is 11.6. The van der Waals surface area contributed by atoms with E-state index >= 15 is 0 Å². The highest BCUT2D eigenvalue weighted by Gasteiger charge is 2.42. The Morgan fingerprint density at radius 2 is 2.13 bits per heavy atom. The Hall–Kier alpha value is -0.900. The van der Waals surface area contributed by atoms with Crippen molar-refractivity contribution < 1.29 is 14.3 Å². The van der Waals surface area contributed by atoms with E-state index in [1.54, 1.807) is 0 Å². The average molecular weight is 211 g/mol. The lowest BCUT2D eigenvalue weighted by molar-refractivity contribution is -0.157. The van der Waals surface area contributed by atoms with Crippen molar-refractivity contribution in [2.75, 3.05) is 7.05 Å². The van der Waals surface area contributed by atoms with Gasteiger partial charge in [-0.3, -0.25) is 14.5 Å². The standard InChI is InChI=1S/C11H17NO3/c1-7(13)15-11-6-4-8-10(14)5-3-9(11)12(8)2/h8-9,11H,3-6H2,1-2H3. The minimum atomic E-state index is -0.219. The number of hydrogen-bond acceptors (Lipinski definition) is 4. The normalized spacial score (nSPS) is 36.4. The fourth-order valence-electron chi connectivity index (χ4n) is 2.80. The largest absolute Gasteiger partial charge is 0.461 e. The van der Waals surface area contributed by atoms with Gasteiger partial charge in [-0.05, 0) is 26.3 Å². The van der Waals surface area contributed by atoms with Gasteiger partial charge in [0.2, 0.25) is 0 Å². The molecule has 2 fully saturated rings. The number of rotatable bonds is 1. The van der Waals surface area contributed by atoms with Gasteiger partial charge in [0.15, 0.2) is 0 Å². The van der Waals surface area contributed by atoms with Crippen LogP contribution in [-0.4, -0.2) is 41.9 Å². The minimum Gasteiger partial charge on any atom is -0.461 e. The predicted molar refractivity (Wildman–Crippen MR) is 54.4 cm³/mol. The molecular formula is C11H17NO3. The van der Waals surface area contributed by atoms with Gasteiger partial charge in [-0.25, -0.2) is 0 Å². The summed E-state index contributed by atoms with van der Waals surface area (Å²) in [6, 6.07) is 0.306. The van der Waals surface area contributed by atoms with E-state index in [1.807, 2.05) is 7.05 Å². The summed E-state index contributed by atoms with van der Waals surface area (Å²) in [5.74, 6) is 0.124. The molecule has 2 saturated heterocycles. The minimum absolute atomic E-state index is 0.0168. The lowest BCUT2D eigenvalue weighted by Gasteiger charge is -2.46. The maximum Gasteiger partial charge on any atom is 0.302 e. The Kier molecular flexibility index (Phi) is 2.78. The van der Waals surface area contributed by atoms with Gasteiger partial charge >= 0.3 is 5.97 Å². The molecule has 0 aromatic rings. The van der Waals surface area contributed by atoms with Gasteiger partial charge in [0.05, 0.1) is 6.04 Å². The van der Waals surface area contributed by atoms with E-state index in [9.17, 15) is 9.59 Å². The van der Waals surface area contributed by atoms with Crippen LogP contribution in [0.3, 0.4) is 0 Å². The first kappa shape index (κ1) is 10.6. The summed E-state index contributed by atoms with van der Waals surface area (Å²) in [6.07, 6.45) is 3.09. The number of ether oxygens (including phenoxy) is 1. The number of likely N-dealkylation sites (N-methyl/N-ethyl adjacent to an activating group) is 1. The molecule has 0 amide bonds. The van der Waals surface area contributed by atoms with Crippen LogP contribution in [0.25, 0.3) is 0 Å². The smallest absolute Gasteiger partial charge is 0.302 e. The van der Waals surface area contributed by atoms with Crippen molar-refractivity contribution >= 4 is 11.8 Å². The van der Waals surface area contributed by atoms with Crippen molar-refractivity contribution in [2.24, 2.45) is 0 Å². The van der Waals surface area contributed by atoms with Crippen molar-refractivity contribution in [2.45, 2.75) is 50.8 Å². The van der Waals surface area contributed by atoms with Gasteiger partial charge in [-0.1, -0.05) is 0 Å². The van der Waals surface area contributed by atoms with Gasteiger partial charge in [0, 0.05) is 19.4 Å². The molecule has 2 aliphatic heterocycles. The van der Waals surface area contributed by atoms with Crippen LogP contribution in [-0.2, 0) is 14.3 Å². The summed E-state index contributed by atoms with van der Waals surface area (Å²) >= 11 is 0. The number of carbonyl (C=O) groups excluding carboxylic acids is 2. The van der Waals surface area contributed by atoms with Crippen LogP contribution < -0.4 is 0 Å². The first-order chi connectivity index (χ1) is 7.09. The molecule has 0 radical (unpaired) electrons. The first-order valence-corrected chi connectivity index (χ1v) is 5.51. The van der Waals surface area contributed by atoms with Crippen LogP contribution in [0.4, 0.5) is 0 Å². The number of piperidine rings is 2. The van der Waals surface area contributed by atoms with Gasteiger partial charge in [0.1, 0.15) is 11.9 Å². The number of ketones is 1. The lowest BCUT2D eigenvalue weighted by atomic mass is 9.82. The Morgan fingerprint density at radius 3 is 2.80 bits per heavy atom. The van der Waals surface area contributed by atoms with Crippen molar-refractivity contribution in [3.05, 3.63) is 0 Å². The number of nitrogens with zero attached hydrogens (tertiary/aromatic N) is 1. The molecule has 3 unspecified atom stereocenters. The van der Waals surface area contributed by atoms with E-state index in [4.69, 9.17) is 4.74 Å². The lowest BCUT2D eigenvalue weighted by Crippen LogP contribution is -2.58. The zero-order valence-electron chi connectivity index (χ0n) is 9.23. The summed E-state index contributed by atoms with van der Waals surface area (Å²) in [4.78, 5) is 24.6. The van der Waals surface area contributed by atoms with Crippen LogP contribution in [0.2, 0.25) is 0 Å². The van der Waals surface area contributed by atoms with Crippen LogP contribution in [0.15, 0.2) is 0 Å². The molecule has 0 saturated carbocycles. The van der Waals surface area contributed by atoms with E-state index < -0.39 is 0 Å². The molecule has 0 aromatic carbocycles. The van der Waals surface area contributed by atoms with Crippen molar-refractivity contribution in [1.29, 1.82) is 0 Å². The Morgan fingerprint density at radius 1 is 1.40 bits per heavy atom. The highest BCUT2D eigenvalue weighted by atomic mass is 16.5. The fraction of sp³-hybridized carbons (Fsp3) is 0.818. The molecule has 3 atom stereocenters. The Bertz CT molecular complexity index is 290. The zero-order chi connectivity index (χ0) is 11.0. The maximum atomic E-state index is 11.6. The molecule has 2 aliphatic rings. The summed E-state index contributed by atoms with van der Waals surface area (Å²) in [5, 5.41) is 0. The Balaban J connectivity index is 2.08. The van der Waals surface area contributed by atoms with Crippen LogP contribution >= 0.6 is 0 Å². The summed E-state index contributed by atoms with van der Waals surface area (Å²) < 4.78 is 5.29. The summed E-state index contributed by atoms with van der Waals surface area (Å²) in [6.45, 7) is 1.44. The molecule has 2 rings (SSSR count). The third-order valence-electron chi connectivity index (χ3n) is 3.54. The topological polar surface area (TPSA) is 46.6 Å². The predicted octanol–water partition coefficient (Wildman–Crippen LogP) is 0.744. The van der Waals surface area contributed by atoms with E-state index in [0.29, 0.717) is 12.2 Å². The third-order valence-corrected chi connectivity index (χ3v) is 3.54. The molecule has 0 spiro atoms. The number of Topliss-reactive ketones (excluding diaryl/α,β-unsaturated/α-hetero) is 1. The molecule has 2 bridgehead atoms. The molecule has 84 valence electrons. The zero-order valence-corrected chi connectivity index (χ0v) is 9.23. The molecule has 0 aliphatic carbocycles. The van der Waals surface area contributed by atoms with E-state index in [2.05, 4.69) is 4.90 Å². The first-order valence-electron chi connectivity index (χ1n) is 5.51. The van der Waals surface area contributed by atoms with Crippen LogP contribution in [0, 0.1) is 0 Å². The van der Waals surface area contributed by atoms with Gasteiger partial charge in [-0.2, -0.15) is 0 Å². The fourth-order valence-corrected chi connectivity index (χ4v) is 2.80. The second kappa shape index (κ2) is 3.93. The van der Waals surface area contributed by atoms with Crippen molar-refractivity contribution in [3.63, 3.8) is 0 Å². The monoisotopic (exact) mass is 211 g/mol. The molecule has 15 heavy (non-hydrogen) atoms. The highest BCUT2D eigenvalue weighted by Crippen LogP contribution is 2.32. The number of carbonyl (C=O) groups is 2. The number of hydrogen-bond donors (Lipinski definition) is 0. The van der Waals surface area contributed by atoms with Gasteiger partial charge < -0.3 is 4.74 Å². The molecule has 4 nitrogen and oxygen atoms in total. The summed E-state index contributed by atoms with van der Waals surface area (Å²) in [5.41, 5.74) is 0. The molecule has 4 heteroatoms. The third kappa shape index (κ3) is 1.91.